The van der Waals surface area contributed by atoms with Gasteiger partial charge in [0.15, 0.2) is 0 Å². The van der Waals surface area contributed by atoms with Crippen LogP contribution in [0.3, 0.4) is 0 Å². The third kappa shape index (κ3) is 3.73. The van der Waals surface area contributed by atoms with E-state index in [1.54, 1.807) is 41.3 Å². The van der Waals surface area contributed by atoms with E-state index >= 15 is 0 Å². The van der Waals surface area contributed by atoms with E-state index in [0.29, 0.717) is 37.4 Å². The van der Waals surface area contributed by atoms with Crippen molar-refractivity contribution in [1.82, 2.24) is 9.21 Å². The van der Waals surface area contributed by atoms with E-state index in [9.17, 15) is 13.2 Å². The smallest absolute Gasteiger partial charge is 0.253 e. The maximum absolute atomic E-state index is 13.0. The number of methoxy groups -OCH3 is 1. The van der Waals surface area contributed by atoms with Crippen molar-refractivity contribution in [1.29, 1.82) is 0 Å². The molecule has 1 heterocycles. The molecule has 1 aliphatic heterocycles. The van der Waals surface area contributed by atoms with E-state index in [1.165, 1.54) is 11.4 Å². The molecular weight excluding hydrogens is 352 g/mol. The zero-order valence-corrected chi connectivity index (χ0v) is 15.5. The monoisotopic (exact) mass is 374 g/mol. The first-order valence-corrected chi connectivity index (χ1v) is 9.95. The molecule has 0 unspecified atom stereocenters. The van der Waals surface area contributed by atoms with Crippen LogP contribution in [-0.2, 0) is 10.0 Å². The molecule has 1 amide bonds. The molecule has 6 nitrogen and oxygen atoms in total. The molecule has 0 N–H and O–H groups in total. The van der Waals surface area contributed by atoms with Gasteiger partial charge in [-0.3, -0.25) is 4.79 Å². The lowest BCUT2D eigenvalue weighted by Gasteiger charge is -2.22. The van der Waals surface area contributed by atoms with E-state index in [1.807, 2.05) is 18.2 Å². The van der Waals surface area contributed by atoms with Crippen LogP contribution in [0.2, 0.25) is 0 Å². The van der Waals surface area contributed by atoms with Crippen LogP contribution in [0.15, 0.2) is 59.5 Å². The Hall–Kier alpha value is -2.38. The summed E-state index contributed by atoms with van der Waals surface area (Å²) in [5, 5.41) is 0. The summed E-state index contributed by atoms with van der Waals surface area (Å²) in [4.78, 5) is 14.5. The largest absolute Gasteiger partial charge is 0.495 e. The highest BCUT2D eigenvalue weighted by atomic mass is 32.2. The molecule has 0 aliphatic carbocycles. The SMILES string of the molecule is COc1ccccc1S(=O)(=O)N1CCCN(C(=O)c2ccccc2)CC1. The van der Waals surface area contributed by atoms with Gasteiger partial charge in [-0.2, -0.15) is 4.31 Å². The highest BCUT2D eigenvalue weighted by molar-refractivity contribution is 7.89. The molecule has 2 aromatic rings. The normalized spacial score (nSPS) is 16.1. The lowest BCUT2D eigenvalue weighted by atomic mass is 10.2. The zero-order valence-electron chi connectivity index (χ0n) is 14.7. The Bertz CT molecular complexity index is 868. The van der Waals surface area contributed by atoms with E-state index in [4.69, 9.17) is 4.74 Å². The fraction of sp³-hybridized carbons (Fsp3) is 0.316. The molecule has 0 atom stereocenters. The lowest BCUT2D eigenvalue weighted by molar-refractivity contribution is 0.0764. The molecule has 1 fully saturated rings. The average Bonchev–Trinajstić information content (AvgIpc) is 2.95. The van der Waals surface area contributed by atoms with Gasteiger partial charge in [-0.1, -0.05) is 30.3 Å². The quantitative estimate of drug-likeness (QED) is 0.823. The molecule has 26 heavy (non-hydrogen) atoms. The Balaban J connectivity index is 1.77. The molecule has 138 valence electrons. The van der Waals surface area contributed by atoms with Crippen molar-refractivity contribution in [3.8, 4) is 5.75 Å². The summed E-state index contributed by atoms with van der Waals surface area (Å²) in [5.74, 6) is 0.260. The molecule has 0 bridgehead atoms. The Morgan fingerprint density at radius 1 is 0.923 bits per heavy atom. The highest BCUT2D eigenvalue weighted by Crippen LogP contribution is 2.27. The minimum atomic E-state index is -3.67. The standard InChI is InChI=1S/C19H22N2O4S/c1-25-17-10-5-6-11-18(17)26(23,24)21-13-7-12-20(14-15-21)19(22)16-8-3-2-4-9-16/h2-6,8-11H,7,12-15H2,1H3. The van der Waals surface area contributed by atoms with Crippen molar-refractivity contribution in [2.24, 2.45) is 0 Å². The number of rotatable bonds is 4. The number of ether oxygens (including phenoxy) is 1. The zero-order chi connectivity index (χ0) is 18.6. The molecular formula is C19H22N2O4S. The van der Waals surface area contributed by atoms with Crippen LogP contribution in [0.4, 0.5) is 0 Å². The van der Waals surface area contributed by atoms with Crippen LogP contribution < -0.4 is 4.74 Å². The fourth-order valence-electron chi connectivity index (χ4n) is 3.07. The summed E-state index contributed by atoms with van der Waals surface area (Å²) in [6.07, 6.45) is 0.590. The van der Waals surface area contributed by atoms with Crippen LogP contribution >= 0.6 is 0 Å². The number of hydrogen-bond donors (Lipinski definition) is 0. The number of sulfonamides is 1. The molecule has 1 aliphatic rings. The second-order valence-corrected chi connectivity index (χ2v) is 7.97. The van der Waals surface area contributed by atoms with Crippen molar-refractivity contribution in [3.63, 3.8) is 0 Å². The van der Waals surface area contributed by atoms with Crippen LogP contribution in [0, 0.1) is 0 Å². The van der Waals surface area contributed by atoms with Gasteiger partial charge in [0.1, 0.15) is 10.6 Å². The minimum Gasteiger partial charge on any atom is -0.495 e. The first-order chi connectivity index (χ1) is 12.5. The fourth-order valence-corrected chi connectivity index (χ4v) is 4.70. The summed E-state index contributed by atoms with van der Waals surface area (Å²) < 4.78 is 32.7. The van der Waals surface area contributed by atoms with E-state index in [2.05, 4.69) is 0 Å². The maximum atomic E-state index is 13.0. The number of hydrogen-bond acceptors (Lipinski definition) is 4. The van der Waals surface area contributed by atoms with E-state index in [0.717, 1.165) is 0 Å². The van der Waals surface area contributed by atoms with Crippen LogP contribution in [0.1, 0.15) is 16.8 Å². The third-order valence-corrected chi connectivity index (χ3v) is 6.39. The Morgan fingerprint density at radius 3 is 2.35 bits per heavy atom. The third-order valence-electron chi connectivity index (χ3n) is 4.45. The Labute approximate surface area is 154 Å². The number of benzene rings is 2. The van der Waals surface area contributed by atoms with Crippen LogP contribution in [0.5, 0.6) is 5.75 Å². The van der Waals surface area contributed by atoms with Gasteiger partial charge in [0.25, 0.3) is 5.91 Å². The minimum absolute atomic E-state index is 0.0675. The van der Waals surface area contributed by atoms with E-state index < -0.39 is 10.0 Å². The summed E-state index contributed by atoms with van der Waals surface area (Å²) in [6.45, 7) is 1.53. The first kappa shape index (κ1) is 18.4. The molecule has 2 aromatic carbocycles. The topological polar surface area (TPSA) is 66.9 Å². The Kier molecular flexibility index (Phi) is 5.58. The number of amides is 1. The van der Waals surface area contributed by atoms with Crippen molar-refractivity contribution in [2.75, 3.05) is 33.3 Å². The molecule has 3 rings (SSSR count). The van der Waals surface area contributed by atoms with Gasteiger partial charge < -0.3 is 9.64 Å². The summed E-state index contributed by atoms with van der Waals surface area (Å²) >= 11 is 0. The lowest BCUT2D eigenvalue weighted by Crippen LogP contribution is -2.37. The summed E-state index contributed by atoms with van der Waals surface area (Å²) in [7, 11) is -2.22. The summed E-state index contributed by atoms with van der Waals surface area (Å²) in [5.41, 5.74) is 0.619. The Morgan fingerprint density at radius 2 is 1.62 bits per heavy atom. The molecule has 0 spiro atoms. The van der Waals surface area contributed by atoms with Gasteiger partial charge in [-0.05, 0) is 30.7 Å². The van der Waals surface area contributed by atoms with Gasteiger partial charge in [0, 0.05) is 31.7 Å². The molecule has 1 saturated heterocycles. The molecule has 0 saturated carbocycles. The predicted molar refractivity (Wildman–Crippen MR) is 98.7 cm³/mol. The van der Waals surface area contributed by atoms with Crippen LogP contribution in [-0.4, -0.2) is 56.8 Å². The van der Waals surface area contributed by atoms with Crippen LogP contribution in [0.25, 0.3) is 0 Å². The van der Waals surface area contributed by atoms with Gasteiger partial charge in [-0.25, -0.2) is 8.42 Å². The number of carbonyl (C=O) groups is 1. The number of nitrogens with zero attached hydrogens (tertiary/aromatic N) is 2. The van der Waals surface area contributed by atoms with E-state index in [-0.39, 0.29) is 17.3 Å². The maximum Gasteiger partial charge on any atom is 0.253 e. The summed E-state index contributed by atoms with van der Waals surface area (Å²) in [6, 6.07) is 15.7. The van der Waals surface area contributed by atoms with Gasteiger partial charge in [0.05, 0.1) is 7.11 Å². The average molecular weight is 374 g/mol. The second-order valence-electron chi connectivity index (χ2n) is 6.07. The molecule has 7 heteroatoms. The van der Waals surface area contributed by atoms with Crippen molar-refractivity contribution in [2.45, 2.75) is 11.3 Å². The number of para-hydroxylation sites is 1. The predicted octanol–water partition coefficient (Wildman–Crippen LogP) is 2.23. The first-order valence-electron chi connectivity index (χ1n) is 8.51. The molecule has 0 radical (unpaired) electrons. The second kappa shape index (κ2) is 7.88. The van der Waals surface area contributed by atoms with Gasteiger partial charge in [-0.15, -0.1) is 0 Å². The van der Waals surface area contributed by atoms with Gasteiger partial charge in [0.2, 0.25) is 10.0 Å². The van der Waals surface area contributed by atoms with Gasteiger partial charge >= 0.3 is 0 Å². The van der Waals surface area contributed by atoms with Crippen molar-refractivity contribution >= 4 is 15.9 Å². The highest BCUT2D eigenvalue weighted by Gasteiger charge is 2.30. The van der Waals surface area contributed by atoms with Crippen molar-refractivity contribution in [3.05, 3.63) is 60.2 Å². The molecule has 0 aromatic heterocycles. The van der Waals surface area contributed by atoms with Crippen molar-refractivity contribution < 1.29 is 17.9 Å². The number of carbonyl (C=O) groups excluding carboxylic acids is 1.